The molecule has 2 unspecified atom stereocenters. The second kappa shape index (κ2) is 42.0. The first-order chi connectivity index (χ1) is 27.6. The predicted molar refractivity (Wildman–Crippen MR) is 241 cm³/mol. The summed E-state index contributed by atoms with van der Waals surface area (Å²) in [4.78, 5) is 25.0. The Hall–Kier alpha value is -0.760. The summed E-state index contributed by atoms with van der Waals surface area (Å²) < 4.78 is 34.6. The van der Waals surface area contributed by atoms with Crippen LogP contribution in [0.1, 0.15) is 232 Å². The van der Waals surface area contributed by atoms with Crippen LogP contribution in [0.25, 0.3) is 0 Å². The van der Waals surface area contributed by atoms with Crippen LogP contribution in [0.5, 0.6) is 0 Å². The standard InChI is InChI=1S/C48H96NO7P/c1-6-8-10-12-14-16-18-20-21-22-23-24-25-26-27-28-29-30-32-34-36-38-40-43-53-45-47(46-55-57(51,52)54-44-42-49(3,4)5)56-48(50)41-39-37-35-33-31-19-17-15-13-11-9-7-2/h15,17,47H,6-14,16,18-46H2,1-5H3/b17-15-. The van der Waals surface area contributed by atoms with Gasteiger partial charge >= 0.3 is 5.97 Å². The number of esters is 1. The third-order valence-electron chi connectivity index (χ3n) is 10.8. The van der Waals surface area contributed by atoms with Crippen LogP contribution >= 0.6 is 7.82 Å². The van der Waals surface area contributed by atoms with E-state index in [4.69, 9.17) is 18.5 Å². The van der Waals surface area contributed by atoms with E-state index in [0.29, 0.717) is 24.1 Å². The number of allylic oxidation sites excluding steroid dienone is 2. The Bertz CT molecular complexity index is 925. The Balaban J connectivity index is 4.04. The van der Waals surface area contributed by atoms with Gasteiger partial charge in [0.2, 0.25) is 0 Å². The van der Waals surface area contributed by atoms with Crippen LogP contribution in [0.3, 0.4) is 0 Å². The number of carbonyl (C=O) groups excluding carboxylic acids is 1. The van der Waals surface area contributed by atoms with E-state index < -0.39 is 13.9 Å². The van der Waals surface area contributed by atoms with Crippen molar-refractivity contribution >= 4 is 13.8 Å². The van der Waals surface area contributed by atoms with Crippen LogP contribution in [0.4, 0.5) is 0 Å². The van der Waals surface area contributed by atoms with Crippen molar-refractivity contribution in [1.29, 1.82) is 0 Å². The quantitative estimate of drug-likeness (QED) is 0.0198. The smallest absolute Gasteiger partial charge is 0.306 e. The van der Waals surface area contributed by atoms with Gasteiger partial charge in [0.25, 0.3) is 7.82 Å². The number of carbonyl (C=O) groups is 1. The molecule has 0 fully saturated rings. The van der Waals surface area contributed by atoms with Crippen molar-refractivity contribution < 1.29 is 37.3 Å². The molecule has 0 radical (unpaired) electrons. The zero-order valence-electron chi connectivity index (χ0n) is 38.6. The highest BCUT2D eigenvalue weighted by Gasteiger charge is 2.20. The molecule has 8 nitrogen and oxygen atoms in total. The Morgan fingerprint density at radius 1 is 0.526 bits per heavy atom. The molecule has 340 valence electrons. The molecule has 0 aromatic heterocycles. The highest BCUT2D eigenvalue weighted by molar-refractivity contribution is 7.45. The lowest BCUT2D eigenvalue weighted by molar-refractivity contribution is -0.870. The zero-order chi connectivity index (χ0) is 42.0. The van der Waals surface area contributed by atoms with Gasteiger partial charge in [0, 0.05) is 13.0 Å². The van der Waals surface area contributed by atoms with E-state index in [0.717, 1.165) is 44.9 Å². The molecule has 0 saturated carbocycles. The molecule has 9 heteroatoms. The summed E-state index contributed by atoms with van der Waals surface area (Å²) in [5, 5.41) is 0. The zero-order valence-corrected chi connectivity index (χ0v) is 39.5. The number of unbranched alkanes of at least 4 members (excludes halogenated alkanes) is 30. The van der Waals surface area contributed by atoms with Crippen molar-refractivity contribution in [3.63, 3.8) is 0 Å². The summed E-state index contributed by atoms with van der Waals surface area (Å²) in [7, 11) is 1.36. The van der Waals surface area contributed by atoms with E-state index in [9.17, 15) is 14.3 Å². The van der Waals surface area contributed by atoms with E-state index in [1.54, 1.807) is 0 Å². The van der Waals surface area contributed by atoms with Crippen molar-refractivity contribution in [3.8, 4) is 0 Å². The topological polar surface area (TPSA) is 94.1 Å². The molecule has 0 rings (SSSR count). The maximum absolute atomic E-state index is 12.7. The Morgan fingerprint density at radius 2 is 0.912 bits per heavy atom. The Kier molecular flexibility index (Phi) is 41.4. The van der Waals surface area contributed by atoms with E-state index >= 15 is 0 Å². The van der Waals surface area contributed by atoms with Crippen LogP contribution in [-0.2, 0) is 27.9 Å². The van der Waals surface area contributed by atoms with Crippen molar-refractivity contribution in [2.24, 2.45) is 0 Å². The van der Waals surface area contributed by atoms with Crippen molar-refractivity contribution in [2.45, 2.75) is 238 Å². The lowest BCUT2D eigenvalue weighted by Crippen LogP contribution is -2.37. The lowest BCUT2D eigenvalue weighted by Gasteiger charge is -2.28. The van der Waals surface area contributed by atoms with Gasteiger partial charge in [-0.3, -0.25) is 9.36 Å². The average Bonchev–Trinajstić information content (AvgIpc) is 3.16. The number of nitrogens with zero attached hydrogens (tertiary/aromatic N) is 1. The lowest BCUT2D eigenvalue weighted by atomic mass is 10.0. The molecule has 57 heavy (non-hydrogen) atoms. The average molecular weight is 830 g/mol. The fourth-order valence-electron chi connectivity index (χ4n) is 7.01. The third-order valence-corrected chi connectivity index (χ3v) is 11.8. The number of phosphoric acid groups is 1. The number of likely N-dealkylation sites (N-methyl/N-ethyl adjacent to an activating group) is 1. The van der Waals surface area contributed by atoms with Gasteiger partial charge in [0.05, 0.1) is 34.4 Å². The molecule has 0 N–H and O–H groups in total. The predicted octanol–water partition coefficient (Wildman–Crippen LogP) is 14.0. The molecule has 0 heterocycles. The number of hydrogen-bond acceptors (Lipinski definition) is 7. The van der Waals surface area contributed by atoms with Gasteiger partial charge in [0.1, 0.15) is 19.3 Å². The van der Waals surface area contributed by atoms with E-state index in [-0.39, 0.29) is 25.8 Å². The van der Waals surface area contributed by atoms with Gasteiger partial charge in [0.15, 0.2) is 0 Å². The molecular formula is C48H96NO7P. The minimum atomic E-state index is -4.52. The first kappa shape index (κ1) is 56.2. The van der Waals surface area contributed by atoms with Gasteiger partial charge in [-0.1, -0.05) is 199 Å². The highest BCUT2D eigenvalue weighted by atomic mass is 31.2. The normalized spacial score (nSPS) is 13.7. The van der Waals surface area contributed by atoms with E-state index in [2.05, 4.69) is 26.0 Å². The number of phosphoric ester groups is 1. The Morgan fingerprint density at radius 3 is 1.37 bits per heavy atom. The fourth-order valence-corrected chi connectivity index (χ4v) is 7.74. The monoisotopic (exact) mass is 830 g/mol. The van der Waals surface area contributed by atoms with Crippen LogP contribution < -0.4 is 4.89 Å². The molecule has 0 spiro atoms. The van der Waals surface area contributed by atoms with Gasteiger partial charge in [-0.05, 0) is 38.5 Å². The summed E-state index contributed by atoms with van der Waals surface area (Å²) >= 11 is 0. The molecule has 0 aliphatic rings. The third kappa shape index (κ3) is 46.2. The van der Waals surface area contributed by atoms with Gasteiger partial charge < -0.3 is 27.9 Å². The second-order valence-electron chi connectivity index (χ2n) is 17.8. The first-order valence-electron chi connectivity index (χ1n) is 24.4. The summed E-state index contributed by atoms with van der Waals surface area (Å²) in [5.74, 6) is -0.339. The SMILES string of the molecule is CCCCC/C=C\CCCCCCCC(=O)OC(COCCCCCCCCCCCCCCCCCCCCCCCCC)COP(=O)([O-])OCC[N+](C)(C)C. The fraction of sp³-hybridized carbons (Fsp3) is 0.938. The number of ether oxygens (including phenoxy) is 2. The Labute approximate surface area is 354 Å². The van der Waals surface area contributed by atoms with Crippen LogP contribution in [0.2, 0.25) is 0 Å². The van der Waals surface area contributed by atoms with Crippen LogP contribution in [-0.4, -0.2) is 70.7 Å². The minimum absolute atomic E-state index is 0.0278. The maximum atomic E-state index is 12.7. The molecule has 0 bridgehead atoms. The van der Waals surface area contributed by atoms with E-state index in [1.807, 2.05) is 21.1 Å². The number of rotatable bonds is 46. The van der Waals surface area contributed by atoms with Crippen molar-refractivity contribution in [3.05, 3.63) is 12.2 Å². The number of hydrogen-bond donors (Lipinski definition) is 0. The minimum Gasteiger partial charge on any atom is -0.756 e. The summed E-state index contributed by atoms with van der Waals surface area (Å²) in [6.07, 6.45) is 46.7. The second-order valence-corrected chi connectivity index (χ2v) is 19.2. The molecule has 2 atom stereocenters. The molecule has 0 amide bonds. The van der Waals surface area contributed by atoms with Gasteiger partial charge in [-0.25, -0.2) is 0 Å². The first-order valence-corrected chi connectivity index (χ1v) is 25.9. The van der Waals surface area contributed by atoms with E-state index in [1.165, 1.54) is 167 Å². The molecule has 0 aromatic rings. The van der Waals surface area contributed by atoms with Crippen molar-refractivity contribution in [1.82, 2.24) is 0 Å². The molecule has 0 aliphatic heterocycles. The highest BCUT2D eigenvalue weighted by Crippen LogP contribution is 2.38. The molecule has 0 aliphatic carbocycles. The molecule has 0 aromatic carbocycles. The van der Waals surface area contributed by atoms with Gasteiger partial charge in [-0.15, -0.1) is 0 Å². The largest absolute Gasteiger partial charge is 0.756 e. The van der Waals surface area contributed by atoms with Crippen molar-refractivity contribution in [2.75, 3.05) is 54.1 Å². The summed E-state index contributed by atoms with van der Waals surface area (Å²) in [5.41, 5.74) is 0. The summed E-state index contributed by atoms with van der Waals surface area (Å²) in [6, 6.07) is 0. The van der Waals surface area contributed by atoms with Crippen LogP contribution in [0, 0.1) is 0 Å². The molecular weight excluding hydrogens is 734 g/mol. The summed E-state index contributed by atoms with van der Waals surface area (Å²) in [6.45, 7) is 5.42. The van der Waals surface area contributed by atoms with Gasteiger partial charge in [-0.2, -0.15) is 0 Å². The molecule has 0 saturated heterocycles. The number of quaternary nitrogens is 1. The van der Waals surface area contributed by atoms with Crippen LogP contribution in [0.15, 0.2) is 12.2 Å². The maximum Gasteiger partial charge on any atom is 0.306 e.